The first kappa shape index (κ1) is 7.52. The molecule has 0 aromatic heterocycles. The zero-order chi connectivity index (χ0) is 7.68. The molecule has 1 saturated heterocycles. The summed E-state index contributed by atoms with van der Waals surface area (Å²) in [6.07, 6.45) is 0.450. The molecule has 0 aliphatic carbocycles. The Morgan fingerprint density at radius 1 is 1.36 bits per heavy atom. The van der Waals surface area contributed by atoms with Crippen molar-refractivity contribution < 1.29 is 14.3 Å². The van der Waals surface area contributed by atoms with Crippen molar-refractivity contribution in [2.24, 2.45) is 5.16 Å². The van der Waals surface area contributed by atoms with E-state index in [-0.39, 0.29) is 12.4 Å². The average molecular weight is 222 g/mol. The van der Waals surface area contributed by atoms with Gasteiger partial charge in [-0.25, -0.2) is 0 Å². The minimum absolute atomic E-state index is 0.0631. The number of hydrogen-bond acceptors (Lipinski definition) is 4. The highest BCUT2D eigenvalue weighted by Gasteiger charge is 2.32. The van der Waals surface area contributed by atoms with Crippen molar-refractivity contribution in [3.05, 3.63) is 0 Å². The number of oxime groups is 1. The van der Waals surface area contributed by atoms with Crippen molar-refractivity contribution in [1.82, 2.24) is 0 Å². The fourth-order valence-electron chi connectivity index (χ4n) is 1.10. The molecular formula is C6H8BrNO3. The van der Waals surface area contributed by atoms with Crippen molar-refractivity contribution in [3.63, 3.8) is 0 Å². The van der Waals surface area contributed by atoms with Gasteiger partial charge >= 0.3 is 0 Å². The lowest BCUT2D eigenvalue weighted by molar-refractivity contribution is -0.132. The van der Waals surface area contributed by atoms with Crippen LogP contribution in [0.3, 0.4) is 0 Å². The van der Waals surface area contributed by atoms with Crippen LogP contribution in [-0.2, 0) is 14.3 Å². The van der Waals surface area contributed by atoms with Gasteiger partial charge in [0.1, 0.15) is 4.62 Å². The summed E-state index contributed by atoms with van der Waals surface area (Å²) >= 11 is 3.24. The first-order valence-corrected chi connectivity index (χ1v) is 4.27. The minimum atomic E-state index is -0.228. The number of ether oxygens (including phenoxy) is 2. The van der Waals surface area contributed by atoms with Gasteiger partial charge in [-0.1, -0.05) is 5.16 Å². The Hall–Kier alpha value is -0.130. The molecular weight excluding hydrogens is 214 g/mol. The third-order valence-corrected chi connectivity index (χ3v) is 2.08. The Balaban J connectivity index is 1.88. The molecule has 4 nitrogen and oxygen atoms in total. The van der Waals surface area contributed by atoms with E-state index in [0.717, 1.165) is 11.0 Å². The normalized spacial score (nSPS) is 32.1. The summed E-state index contributed by atoms with van der Waals surface area (Å²) in [5.41, 5.74) is 0. The van der Waals surface area contributed by atoms with Crippen molar-refractivity contribution in [2.45, 2.75) is 18.8 Å². The van der Waals surface area contributed by atoms with E-state index >= 15 is 0 Å². The fourth-order valence-corrected chi connectivity index (χ4v) is 1.51. The Kier molecular flexibility index (Phi) is 2.11. The van der Waals surface area contributed by atoms with E-state index in [4.69, 9.17) is 14.3 Å². The van der Waals surface area contributed by atoms with Crippen LogP contribution in [0.2, 0.25) is 0 Å². The smallest absolute Gasteiger partial charge is 0.197 e. The average Bonchev–Trinajstić information content (AvgIpc) is 2.55. The predicted molar refractivity (Wildman–Crippen MR) is 41.5 cm³/mol. The van der Waals surface area contributed by atoms with Gasteiger partial charge in [0.25, 0.3) is 0 Å². The monoisotopic (exact) mass is 221 g/mol. The summed E-state index contributed by atoms with van der Waals surface area (Å²) in [4.78, 5) is 5.04. The van der Waals surface area contributed by atoms with Crippen LogP contribution in [0.25, 0.3) is 0 Å². The van der Waals surface area contributed by atoms with E-state index in [2.05, 4.69) is 21.1 Å². The SMILES string of the molecule is BrC1=NO[C@H](C2OCCO2)C1. The Morgan fingerprint density at radius 3 is 2.64 bits per heavy atom. The van der Waals surface area contributed by atoms with E-state index < -0.39 is 0 Å². The molecule has 0 radical (unpaired) electrons. The summed E-state index contributed by atoms with van der Waals surface area (Å²) in [7, 11) is 0. The van der Waals surface area contributed by atoms with E-state index in [1.54, 1.807) is 0 Å². The molecule has 2 rings (SSSR count). The Bertz CT molecular complexity index is 179. The summed E-state index contributed by atoms with van der Waals surface area (Å²) in [5, 5.41) is 3.74. The van der Waals surface area contributed by atoms with E-state index in [1.165, 1.54) is 0 Å². The van der Waals surface area contributed by atoms with Gasteiger partial charge in [-0.05, 0) is 15.9 Å². The zero-order valence-corrected chi connectivity index (χ0v) is 7.41. The molecule has 11 heavy (non-hydrogen) atoms. The second-order valence-corrected chi connectivity index (χ2v) is 3.34. The third-order valence-electron chi connectivity index (χ3n) is 1.61. The van der Waals surface area contributed by atoms with Crippen molar-refractivity contribution in [3.8, 4) is 0 Å². The molecule has 0 amide bonds. The Labute approximate surface area is 72.6 Å². The first-order valence-electron chi connectivity index (χ1n) is 3.47. The van der Waals surface area contributed by atoms with E-state index in [0.29, 0.717) is 13.2 Å². The van der Waals surface area contributed by atoms with Gasteiger partial charge in [-0.3, -0.25) is 0 Å². The highest BCUT2D eigenvalue weighted by molar-refractivity contribution is 9.18. The Morgan fingerprint density at radius 2 is 2.09 bits per heavy atom. The number of hydrogen-bond donors (Lipinski definition) is 0. The highest BCUT2D eigenvalue weighted by Crippen LogP contribution is 2.21. The maximum atomic E-state index is 5.24. The van der Waals surface area contributed by atoms with Gasteiger partial charge in [-0.2, -0.15) is 0 Å². The zero-order valence-electron chi connectivity index (χ0n) is 5.83. The van der Waals surface area contributed by atoms with Crippen LogP contribution >= 0.6 is 15.9 Å². The van der Waals surface area contributed by atoms with E-state index in [1.807, 2.05) is 0 Å². The molecule has 1 fully saturated rings. The standard InChI is InChI=1S/C6H8BrNO3/c7-5-3-4(11-8-5)6-9-1-2-10-6/h4,6H,1-3H2/t4-/m0/s1. The van der Waals surface area contributed by atoms with Crippen molar-refractivity contribution >= 4 is 20.6 Å². The van der Waals surface area contributed by atoms with Crippen LogP contribution in [0.5, 0.6) is 0 Å². The first-order chi connectivity index (χ1) is 5.36. The molecule has 1 atom stereocenters. The van der Waals surface area contributed by atoms with Gasteiger partial charge in [0.2, 0.25) is 0 Å². The fraction of sp³-hybridized carbons (Fsp3) is 0.833. The molecule has 0 N–H and O–H groups in total. The molecule has 0 spiro atoms. The molecule has 5 heteroatoms. The minimum Gasteiger partial charge on any atom is -0.386 e. The maximum absolute atomic E-state index is 5.24. The molecule has 0 aromatic rings. The molecule has 2 heterocycles. The van der Waals surface area contributed by atoms with Gasteiger partial charge in [0, 0.05) is 6.42 Å². The number of halogens is 1. The van der Waals surface area contributed by atoms with Crippen molar-refractivity contribution in [2.75, 3.05) is 13.2 Å². The molecule has 0 bridgehead atoms. The van der Waals surface area contributed by atoms with Crippen LogP contribution in [0.4, 0.5) is 0 Å². The molecule has 2 aliphatic rings. The number of rotatable bonds is 1. The second-order valence-electron chi connectivity index (χ2n) is 2.43. The van der Waals surface area contributed by atoms with Gasteiger partial charge in [-0.15, -0.1) is 0 Å². The maximum Gasteiger partial charge on any atom is 0.197 e. The summed E-state index contributed by atoms with van der Waals surface area (Å²) in [5.74, 6) is 0. The summed E-state index contributed by atoms with van der Waals surface area (Å²) < 4.78 is 11.3. The van der Waals surface area contributed by atoms with Gasteiger partial charge in [0.15, 0.2) is 12.4 Å². The van der Waals surface area contributed by atoms with Crippen LogP contribution in [0, 0.1) is 0 Å². The number of nitrogens with zero attached hydrogens (tertiary/aromatic N) is 1. The molecule has 0 unspecified atom stereocenters. The summed E-state index contributed by atoms with van der Waals surface area (Å²) in [6.45, 7) is 1.31. The lowest BCUT2D eigenvalue weighted by Crippen LogP contribution is -2.26. The van der Waals surface area contributed by atoms with Gasteiger partial charge in [0.05, 0.1) is 13.2 Å². The molecule has 0 saturated carbocycles. The van der Waals surface area contributed by atoms with Crippen LogP contribution in [0.15, 0.2) is 5.16 Å². The lowest BCUT2D eigenvalue weighted by atomic mass is 10.3. The molecule has 0 aromatic carbocycles. The van der Waals surface area contributed by atoms with Crippen molar-refractivity contribution in [1.29, 1.82) is 0 Å². The lowest BCUT2D eigenvalue weighted by Gasteiger charge is -2.13. The van der Waals surface area contributed by atoms with Crippen LogP contribution in [0.1, 0.15) is 6.42 Å². The van der Waals surface area contributed by atoms with E-state index in [9.17, 15) is 0 Å². The predicted octanol–water partition coefficient (Wildman–Crippen LogP) is 0.857. The second kappa shape index (κ2) is 3.08. The largest absolute Gasteiger partial charge is 0.386 e. The summed E-state index contributed by atoms with van der Waals surface area (Å²) in [6, 6.07) is 0. The third kappa shape index (κ3) is 1.55. The molecule has 2 aliphatic heterocycles. The van der Waals surface area contributed by atoms with Crippen LogP contribution in [-0.4, -0.2) is 30.2 Å². The quantitative estimate of drug-likeness (QED) is 0.660. The topological polar surface area (TPSA) is 40.0 Å². The highest BCUT2D eigenvalue weighted by atomic mass is 79.9. The van der Waals surface area contributed by atoms with Crippen LogP contribution < -0.4 is 0 Å². The van der Waals surface area contributed by atoms with Gasteiger partial charge < -0.3 is 14.3 Å². The molecule has 62 valence electrons.